The lowest BCUT2D eigenvalue weighted by atomic mass is 10.0. The maximum absolute atomic E-state index is 12.0. The highest BCUT2D eigenvalue weighted by atomic mass is 32.1. The molecule has 0 aliphatic rings. The minimum atomic E-state index is 0.114. The highest BCUT2D eigenvalue weighted by molar-refractivity contribution is 7.09. The molecule has 94 valence electrons. The van der Waals surface area contributed by atoms with Crippen molar-refractivity contribution in [3.05, 3.63) is 51.5 Å². The fraction of sp³-hybridized carbons (Fsp3) is 0.286. The minimum absolute atomic E-state index is 0.114. The van der Waals surface area contributed by atoms with Gasteiger partial charge in [0.25, 0.3) is 0 Å². The lowest BCUT2D eigenvalue weighted by molar-refractivity contribution is 0.0993. The van der Waals surface area contributed by atoms with Crippen LogP contribution in [-0.2, 0) is 12.8 Å². The van der Waals surface area contributed by atoms with Crippen molar-refractivity contribution in [2.45, 2.75) is 19.8 Å². The third kappa shape index (κ3) is 3.24. The summed E-state index contributed by atoms with van der Waals surface area (Å²) in [5.74, 6) is 0.114. The number of hydrogen-bond donors (Lipinski definition) is 1. The van der Waals surface area contributed by atoms with Gasteiger partial charge in [0, 0.05) is 16.6 Å². The smallest absolute Gasteiger partial charge is 0.169 e. The second-order valence-electron chi connectivity index (χ2n) is 4.22. The van der Waals surface area contributed by atoms with Crippen molar-refractivity contribution < 1.29 is 4.79 Å². The fourth-order valence-electron chi connectivity index (χ4n) is 1.75. The number of thiazole rings is 1. The molecule has 2 rings (SSSR count). The summed E-state index contributed by atoms with van der Waals surface area (Å²) >= 11 is 1.54. The average Bonchev–Trinajstić information content (AvgIpc) is 2.76. The maximum Gasteiger partial charge on any atom is 0.169 e. The summed E-state index contributed by atoms with van der Waals surface area (Å²) in [6.07, 6.45) is 1.23. The van der Waals surface area contributed by atoms with Crippen molar-refractivity contribution in [1.82, 2.24) is 4.98 Å². The molecular formula is C14H16N2OS. The first kappa shape index (κ1) is 12.9. The van der Waals surface area contributed by atoms with Gasteiger partial charge in [0.05, 0.1) is 6.42 Å². The third-order valence-electron chi connectivity index (χ3n) is 2.69. The van der Waals surface area contributed by atoms with E-state index in [2.05, 4.69) is 4.98 Å². The number of nitrogens with zero attached hydrogens (tertiary/aromatic N) is 1. The minimum Gasteiger partial charge on any atom is -0.330 e. The number of carbonyl (C=O) groups excluding carboxylic acids is 1. The Bertz CT molecular complexity index is 531. The Morgan fingerprint density at radius 2 is 2.06 bits per heavy atom. The zero-order chi connectivity index (χ0) is 13.0. The molecule has 0 unspecified atom stereocenters. The Hall–Kier alpha value is -1.52. The summed E-state index contributed by atoms with van der Waals surface area (Å²) in [6.45, 7) is 2.57. The molecule has 1 aromatic carbocycles. The molecule has 0 aliphatic carbocycles. The van der Waals surface area contributed by atoms with Crippen LogP contribution in [0.5, 0.6) is 0 Å². The number of nitrogens with two attached hydrogens (primary N) is 1. The van der Waals surface area contributed by atoms with E-state index in [1.54, 1.807) is 0 Å². The predicted octanol–water partition coefficient (Wildman–Crippen LogP) is 2.38. The molecular weight excluding hydrogens is 244 g/mol. The zero-order valence-corrected chi connectivity index (χ0v) is 11.2. The van der Waals surface area contributed by atoms with Crippen LogP contribution in [0.15, 0.2) is 29.6 Å². The Labute approximate surface area is 111 Å². The number of benzene rings is 1. The molecule has 0 radical (unpaired) electrons. The molecule has 0 aliphatic heterocycles. The Balaban J connectivity index is 2.04. The van der Waals surface area contributed by atoms with Crippen LogP contribution in [0.25, 0.3) is 0 Å². The third-order valence-corrected chi connectivity index (χ3v) is 3.65. The van der Waals surface area contributed by atoms with E-state index < -0.39 is 0 Å². The summed E-state index contributed by atoms with van der Waals surface area (Å²) in [6, 6.07) is 7.67. The van der Waals surface area contributed by atoms with Gasteiger partial charge in [0.15, 0.2) is 5.78 Å². The predicted molar refractivity (Wildman–Crippen MR) is 74.1 cm³/mol. The Kier molecular flexibility index (Phi) is 4.23. The van der Waals surface area contributed by atoms with E-state index in [1.807, 2.05) is 36.6 Å². The topological polar surface area (TPSA) is 56.0 Å². The van der Waals surface area contributed by atoms with Gasteiger partial charge in [0.1, 0.15) is 5.01 Å². The second-order valence-corrected chi connectivity index (χ2v) is 5.16. The Morgan fingerprint density at radius 1 is 1.33 bits per heavy atom. The van der Waals surface area contributed by atoms with Crippen molar-refractivity contribution in [3.8, 4) is 0 Å². The van der Waals surface area contributed by atoms with Gasteiger partial charge < -0.3 is 5.73 Å². The normalized spacial score (nSPS) is 10.6. The van der Waals surface area contributed by atoms with Crippen molar-refractivity contribution >= 4 is 17.1 Å². The van der Waals surface area contributed by atoms with Gasteiger partial charge in [0.2, 0.25) is 0 Å². The molecule has 0 bridgehead atoms. The van der Waals surface area contributed by atoms with Gasteiger partial charge in [-0.2, -0.15) is 0 Å². The van der Waals surface area contributed by atoms with E-state index >= 15 is 0 Å². The molecule has 0 atom stereocenters. The van der Waals surface area contributed by atoms with Crippen LogP contribution in [0.2, 0.25) is 0 Å². The highest BCUT2D eigenvalue weighted by Crippen LogP contribution is 2.13. The number of aromatic nitrogens is 1. The van der Waals surface area contributed by atoms with Crippen molar-refractivity contribution in [3.63, 3.8) is 0 Å². The van der Waals surface area contributed by atoms with Crippen LogP contribution in [0.3, 0.4) is 0 Å². The number of rotatable bonds is 5. The fourth-order valence-corrected chi connectivity index (χ4v) is 2.52. The first-order chi connectivity index (χ1) is 8.69. The molecule has 4 heteroatoms. The van der Waals surface area contributed by atoms with E-state index in [4.69, 9.17) is 5.73 Å². The van der Waals surface area contributed by atoms with Gasteiger partial charge in [-0.15, -0.1) is 11.3 Å². The average molecular weight is 260 g/mol. The van der Waals surface area contributed by atoms with E-state index in [0.29, 0.717) is 13.0 Å². The lowest BCUT2D eigenvalue weighted by Crippen LogP contribution is -2.05. The van der Waals surface area contributed by atoms with Gasteiger partial charge in [-0.3, -0.25) is 4.79 Å². The largest absolute Gasteiger partial charge is 0.330 e. The van der Waals surface area contributed by atoms with E-state index in [1.165, 1.54) is 16.9 Å². The number of carbonyl (C=O) groups is 1. The van der Waals surface area contributed by atoms with E-state index in [-0.39, 0.29) is 5.78 Å². The maximum atomic E-state index is 12.0. The molecule has 2 aromatic rings. The van der Waals surface area contributed by atoms with Gasteiger partial charge in [-0.1, -0.05) is 24.3 Å². The standard InChI is InChI=1S/C14H16N2OS/c1-10-9-18-14(16-10)8-13(17)12-4-2-11(3-5-12)6-7-15/h2-5,9H,6-8,15H2,1H3. The first-order valence-corrected chi connectivity index (χ1v) is 6.80. The number of hydrogen-bond acceptors (Lipinski definition) is 4. The van der Waals surface area contributed by atoms with Crippen LogP contribution >= 0.6 is 11.3 Å². The molecule has 0 saturated carbocycles. The van der Waals surface area contributed by atoms with Crippen LogP contribution in [-0.4, -0.2) is 17.3 Å². The SMILES string of the molecule is Cc1csc(CC(=O)c2ccc(CCN)cc2)n1. The summed E-state index contributed by atoms with van der Waals surface area (Å²) in [4.78, 5) is 16.3. The van der Waals surface area contributed by atoms with Crippen LogP contribution in [0, 0.1) is 6.92 Å². The lowest BCUT2D eigenvalue weighted by Gasteiger charge is -2.01. The summed E-state index contributed by atoms with van der Waals surface area (Å²) in [5, 5.41) is 2.84. The van der Waals surface area contributed by atoms with Crippen LogP contribution in [0.4, 0.5) is 0 Å². The zero-order valence-electron chi connectivity index (χ0n) is 10.3. The molecule has 0 spiro atoms. The molecule has 0 saturated heterocycles. The van der Waals surface area contributed by atoms with E-state index in [0.717, 1.165) is 22.7 Å². The molecule has 1 heterocycles. The number of aryl methyl sites for hydroxylation is 1. The summed E-state index contributed by atoms with van der Waals surface area (Å²) in [5.41, 5.74) is 8.37. The van der Waals surface area contributed by atoms with E-state index in [9.17, 15) is 4.79 Å². The van der Waals surface area contributed by atoms with Gasteiger partial charge in [-0.05, 0) is 25.5 Å². The molecule has 1 aromatic heterocycles. The summed E-state index contributed by atoms with van der Waals surface area (Å²) in [7, 11) is 0. The van der Waals surface area contributed by atoms with Crippen molar-refractivity contribution in [1.29, 1.82) is 0 Å². The van der Waals surface area contributed by atoms with Crippen LogP contribution in [0.1, 0.15) is 26.6 Å². The number of ketones is 1. The van der Waals surface area contributed by atoms with Gasteiger partial charge >= 0.3 is 0 Å². The molecule has 3 nitrogen and oxygen atoms in total. The molecule has 0 amide bonds. The Morgan fingerprint density at radius 3 is 2.61 bits per heavy atom. The van der Waals surface area contributed by atoms with Gasteiger partial charge in [-0.25, -0.2) is 4.98 Å². The summed E-state index contributed by atoms with van der Waals surface area (Å²) < 4.78 is 0. The molecule has 18 heavy (non-hydrogen) atoms. The highest BCUT2D eigenvalue weighted by Gasteiger charge is 2.09. The second kappa shape index (κ2) is 5.89. The van der Waals surface area contributed by atoms with Crippen molar-refractivity contribution in [2.24, 2.45) is 5.73 Å². The monoisotopic (exact) mass is 260 g/mol. The quantitative estimate of drug-likeness (QED) is 0.840. The first-order valence-electron chi connectivity index (χ1n) is 5.92. The van der Waals surface area contributed by atoms with Crippen LogP contribution < -0.4 is 5.73 Å². The molecule has 0 fully saturated rings. The number of Topliss-reactive ketones (excluding diaryl/α,β-unsaturated/α-hetero) is 1. The van der Waals surface area contributed by atoms with Crippen molar-refractivity contribution in [2.75, 3.05) is 6.54 Å². The molecule has 2 N–H and O–H groups in total.